The van der Waals surface area contributed by atoms with Gasteiger partial charge in [-0.3, -0.25) is 4.79 Å². The van der Waals surface area contributed by atoms with E-state index in [4.69, 9.17) is 0 Å². The highest BCUT2D eigenvalue weighted by Gasteiger charge is 2.47. The second kappa shape index (κ2) is 5.13. The van der Waals surface area contributed by atoms with Gasteiger partial charge in [-0.25, -0.2) is 8.78 Å². The summed E-state index contributed by atoms with van der Waals surface area (Å²) in [6, 6.07) is 3.84. The fraction of sp³-hybridized carbons (Fsp3) is 0.533. The first-order chi connectivity index (χ1) is 9.58. The summed E-state index contributed by atoms with van der Waals surface area (Å²) in [5, 5.41) is 3.23. The molecule has 0 bridgehead atoms. The molecule has 1 aliphatic carbocycles. The molecule has 3 rings (SSSR count). The molecular formula is C15H18F2N2O. The molecule has 1 aromatic rings. The van der Waals surface area contributed by atoms with E-state index in [9.17, 15) is 13.6 Å². The van der Waals surface area contributed by atoms with E-state index in [1.54, 1.807) is 4.90 Å². The van der Waals surface area contributed by atoms with E-state index in [2.05, 4.69) is 5.32 Å². The lowest BCUT2D eigenvalue weighted by Crippen LogP contribution is -2.39. The van der Waals surface area contributed by atoms with Crippen LogP contribution in [0.15, 0.2) is 18.2 Å². The molecule has 1 N–H and O–H groups in total. The Bertz CT molecular complexity index is 529. The van der Waals surface area contributed by atoms with Crippen LogP contribution in [0.5, 0.6) is 0 Å². The van der Waals surface area contributed by atoms with E-state index < -0.39 is 11.6 Å². The Morgan fingerprint density at radius 1 is 1.40 bits per heavy atom. The van der Waals surface area contributed by atoms with Gasteiger partial charge >= 0.3 is 0 Å². The third-order valence-corrected chi connectivity index (χ3v) is 4.40. The Balaban J connectivity index is 1.67. The van der Waals surface area contributed by atoms with Crippen molar-refractivity contribution in [2.24, 2.45) is 5.92 Å². The third-order valence-electron chi connectivity index (χ3n) is 4.40. The van der Waals surface area contributed by atoms with Crippen LogP contribution >= 0.6 is 0 Å². The number of carbonyl (C=O) groups is 1. The van der Waals surface area contributed by atoms with Gasteiger partial charge in [-0.15, -0.1) is 0 Å². The minimum atomic E-state index is -0.580. The van der Waals surface area contributed by atoms with E-state index in [1.807, 2.05) is 7.05 Å². The van der Waals surface area contributed by atoms with Gasteiger partial charge in [-0.1, -0.05) is 6.07 Å². The molecule has 20 heavy (non-hydrogen) atoms. The van der Waals surface area contributed by atoms with Gasteiger partial charge in [0.05, 0.1) is 0 Å². The molecule has 1 amide bonds. The number of carbonyl (C=O) groups excluding carboxylic acids is 1. The lowest BCUT2D eigenvalue weighted by Gasteiger charge is -2.24. The summed E-state index contributed by atoms with van der Waals surface area (Å²) in [5.41, 5.74) is 0.461. The van der Waals surface area contributed by atoms with Crippen LogP contribution in [-0.4, -0.2) is 37.0 Å². The van der Waals surface area contributed by atoms with Crippen molar-refractivity contribution in [1.29, 1.82) is 0 Å². The first-order valence-electron chi connectivity index (χ1n) is 7.00. The first-order valence-corrected chi connectivity index (χ1v) is 7.00. The zero-order valence-corrected chi connectivity index (χ0v) is 11.4. The van der Waals surface area contributed by atoms with Gasteiger partial charge in [0.2, 0.25) is 5.91 Å². The number of nitrogens with zero attached hydrogens (tertiary/aromatic N) is 1. The normalized spacial score (nSPS) is 28.4. The van der Waals surface area contributed by atoms with E-state index in [-0.39, 0.29) is 23.8 Å². The Kier molecular flexibility index (Phi) is 3.46. The van der Waals surface area contributed by atoms with Crippen LogP contribution in [0.3, 0.4) is 0 Å². The topological polar surface area (TPSA) is 32.3 Å². The number of benzene rings is 1. The minimum Gasteiger partial charge on any atom is -0.341 e. The number of likely N-dealkylation sites (N-methyl/N-ethyl adjacent to an activating group) is 1. The molecule has 0 aromatic heterocycles. The number of halogens is 2. The lowest BCUT2D eigenvalue weighted by molar-refractivity contribution is -0.133. The molecule has 1 heterocycles. The second-order valence-electron chi connectivity index (χ2n) is 5.71. The predicted octanol–water partition coefficient (Wildman–Crippen LogP) is 1.89. The van der Waals surface area contributed by atoms with Crippen LogP contribution in [0, 0.1) is 17.6 Å². The summed E-state index contributed by atoms with van der Waals surface area (Å²) in [6.07, 6.45) is 1.62. The number of hydrogen-bond donors (Lipinski definition) is 1. The van der Waals surface area contributed by atoms with Crippen molar-refractivity contribution in [2.45, 2.75) is 24.8 Å². The van der Waals surface area contributed by atoms with Crippen molar-refractivity contribution in [3.05, 3.63) is 35.4 Å². The molecule has 2 fully saturated rings. The number of rotatable bonds is 3. The zero-order chi connectivity index (χ0) is 14.3. The summed E-state index contributed by atoms with van der Waals surface area (Å²) in [4.78, 5) is 14.1. The fourth-order valence-electron chi connectivity index (χ4n) is 3.03. The van der Waals surface area contributed by atoms with Crippen LogP contribution in [0.1, 0.15) is 24.3 Å². The summed E-state index contributed by atoms with van der Waals surface area (Å²) >= 11 is 0. The molecule has 3 atom stereocenters. The monoisotopic (exact) mass is 280 g/mol. The van der Waals surface area contributed by atoms with E-state index in [1.165, 1.54) is 12.1 Å². The average molecular weight is 280 g/mol. The Morgan fingerprint density at radius 3 is 2.85 bits per heavy atom. The van der Waals surface area contributed by atoms with Crippen LogP contribution < -0.4 is 5.32 Å². The maximum absolute atomic E-state index is 13.7. The highest BCUT2D eigenvalue weighted by molar-refractivity contribution is 5.83. The maximum Gasteiger partial charge on any atom is 0.226 e. The van der Waals surface area contributed by atoms with Crippen LogP contribution in [0.25, 0.3) is 0 Å². The molecule has 5 heteroatoms. The Labute approximate surface area is 117 Å². The molecule has 1 saturated carbocycles. The van der Waals surface area contributed by atoms with Gasteiger partial charge in [0.1, 0.15) is 11.6 Å². The molecule has 0 spiro atoms. The maximum atomic E-state index is 13.7. The van der Waals surface area contributed by atoms with Gasteiger partial charge < -0.3 is 10.2 Å². The standard InChI is InChI=1S/C15H18F2N2O/c1-19(10-4-5-18-8-10)15(20)13-7-12(13)11-3-2-9(16)6-14(11)17/h2-3,6,10,12-13,18H,4-5,7-8H2,1H3. The molecule has 1 saturated heterocycles. The number of amides is 1. The van der Waals surface area contributed by atoms with Crippen LogP contribution in [-0.2, 0) is 4.79 Å². The summed E-state index contributed by atoms with van der Waals surface area (Å²) in [5.74, 6) is -1.30. The van der Waals surface area contributed by atoms with Crippen LogP contribution in [0.4, 0.5) is 8.78 Å². The number of nitrogens with one attached hydrogen (secondary N) is 1. The third kappa shape index (κ3) is 2.42. The van der Waals surface area contributed by atoms with Gasteiger partial charge in [-0.2, -0.15) is 0 Å². The predicted molar refractivity (Wildman–Crippen MR) is 71.3 cm³/mol. The van der Waals surface area contributed by atoms with Crippen molar-refractivity contribution in [3.63, 3.8) is 0 Å². The first kappa shape index (κ1) is 13.5. The molecule has 3 unspecified atom stereocenters. The average Bonchev–Trinajstić information content (AvgIpc) is 3.00. The summed E-state index contributed by atoms with van der Waals surface area (Å²) in [7, 11) is 1.82. The van der Waals surface area contributed by atoms with Gasteiger partial charge in [0.15, 0.2) is 0 Å². The Morgan fingerprint density at radius 2 is 2.20 bits per heavy atom. The summed E-state index contributed by atoms with van der Waals surface area (Å²) < 4.78 is 26.6. The highest BCUT2D eigenvalue weighted by Crippen LogP contribution is 2.49. The molecule has 1 aliphatic heterocycles. The van der Waals surface area contributed by atoms with Crippen molar-refractivity contribution in [2.75, 3.05) is 20.1 Å². The number of hydrogen-bond acceptors (Lipinski definition) is 2. The largest absolute Gasteiger partial charge is 0.341 e. The summed E-state index contributed by atoms with van der Waals surface area (Å²) in [6.45, 7) is 1.76. The Hall–Kier alpha value is -1.49. The van der Waals surface area contributed by atoms with E-state index in [0.717, 1.165) is 25.6 Å². The smallest absolute Gasteiger partial charge is 0.226 e. The SMILES string of the molecule is CN(C(=O)C1CC1c1ccc(F)cc1F)C1CCNC1. The van der Waals surface area contributed by atoms with Gasteiger partial charge in [0, 0.05) is 31.6 Å². The molecule has 0 radical (unpaired) electrons. The fourth-order valence-corrected chi connectivity index (χ4v) is 3.03. The minimum absolute atomic E-state index is 0.0763. The molecule has 2 aliphatic rings. The molecule has 3 nitrogen and oxygen atoms in total. The van der Waals surface area contributed by atoms with Crippen molar-refractivity contribution >= 4 is 5.91 Å². The lowest BCUT2D eigenvalue weighted by atomic mass is 10.1. The molecular weight excluding hydrogens is 262 g/mol. The van der Waals surface area contributed by atoms with Gasteiger partial charge in [-0.05, 0) is 36.9 Å². The van der Waals surface area contributed by atoms with E-state index >= 15 is 0 Å². The molecule has 1 aromatic carbocycles. The second-order valence-corrected chi connectivity index (χ2v) is 5.71. The van der Waals surface area contributed by atoms with Crippen molar-refractivity contribution in [3.8, 4) is 0 Å². The highest BCUT2D eigenvalue weighted by atomic mass is 19.1. The van der Waals surface area contributed by atoms with Gasteiger partial charge in [0.25, 0.3) is 0 Å². The van der Waals surface area contributed by atoms with Crippen molar-refractivity contribution in [1.82, 2.24) is 10.2 Å². The van der Waals surface area contributed by atoms with Crippen LogP contribution in [0.2, 0.25) is 0 Å². The van der Waals surface area contributed by atoms with Crippen molar-refractivity contribution < 1.29 is 13.6 Å². The van der Waals surface area contributed by atoms with E-state index in [0.29, 0.717) is 12.0 Å². The quantitative estimate of drug-likeness (QED) is 0.917. The zero-order valence-electron chi connectivity index (χ0n) is 11.4. The molecule has 108 valence electrons.